The van der Waals surface area contributed by atoms with Gasteiger partial charge in [-0.3, -0.25) is 9.58 Å². The van der Waals surface area contributed by atoms with Gasteiger partial charge in [0.15, 0.2) is 0 Å². The second-order valence-corrected chi connectivity index (χ2v) is 5.39. The minimum Gasteiger partial charge on any atom is -0.329 e. The Morgan fingerprint density at radius 1 is 1.53 bits per heavy atom. The van der Waals surface area contributed by atoms with Crippen LogP contribution in [0.4, 0.5) is 0 Å². The summed E-state index contributed by atoms with van der Waals surface area (Å²) in [5.41, 5.74) is 7.23. The van der Waals surface area contributed by atoms with Crippen LogP contribution < -0.4 is 5.73 Å². The number of nitrogens with two attached hydrogens (primary N) is 1. The van der Waals surface area contributed by atoms with E-state index in [0.717, 1.165) is 0 Å². The van der Waals surface area contributed by atoms with Gasteiger partial charge in [-0.1, -0.05) is 13.8 Å². The summed E-state index contributed by atoms with van der Waals surface area (Å²) in [6.45, 7) is 6.45. The lowest BCUT2D eigenvalue weighted by atomic mass is 9.99. The van der Waals surface area contributed by atoms with Crippen LogP contribution in [-0.4, -0.2) is 33.8 Å². The van der Waals surface area contributed by atoms with E-state index in [0.29, 0.717) is 24.5 Å². The van der Waals surface area contributed by atoms with Gasteiger partial charge in [0.25, 0.3) is 0 Å². The first-order valence-corrected chi connectivity index (χ1v) is 6.58. The first-order valence-electron chi connectivity index (χ1n) is 6.58. The third-order valence-corrected chi connectivity index (χ3v) is 3.84. The van der Waals surface area contributed by atoms with Gasteiger partial charge in [-0.2, -0.15) is 5.10 Å². The summed E-state index contributed by atoms with van der Waals surface area (Å²) in [6, 6.07) is 1.00. The molecule has 0 spiro atoms. The maximum Gasteiger partial charge on any atom is 0.0538 e. The summed E-state index contributed by atoms with van der Waals surface area (Å²) in [6.07, 6.45) is 6.63. The third-order valence-electron chi connectivity index (χ3n) is 3.84. The van der Waals surface area contributed by atoms with Gasteiger partial charge in [0.1, 0.15) is 0 Å². The van der Waals surface area contributed by atoms with Crippen molar-refractivity contribution in [3.8, 4) is 0 Å². The number of hydrogen-bond donors (Lipinski definition) is 1. The molecular formula is C13H24N4. The molecule has 96 valence electrons. The maximum absolute atomic E-state index is 5.98. The van der Waals surface area contributed by atoms with E-state index in [4.69, 9.17) is 5.73 Å². The number of nitrogens with zero attached hydrogens (tertiary/aromatic N) is 3. The number of likely N-dealkylation sites (tertiary alicyclic amines) is 1. The molecule has 1 fully saturated rings. The van der Waals surface area contributed by atoms with E-state index in [9.17, 15) is 0 Å². The van der Waals surface area contributed by atoms with Crippen molar-refractivity contribution in [2.24, 2.45) is 18.7 Å². The van der Waals surface area contributed by atoms with E-state index in [1.807, 2.05) is 17.9 Å². The van der Waals surface area contributed by atoms with E-state index in [-0.39, 0.29) is 0 Å². The molecule has 1 aromatic rings. The molecule has 17 heavy (non-hydrogen) atoms. The average Bonchev–Trinajstić information content (AvgIpc) is 2.89. The molecule has 2 atom stereocenters. The zero-order chi connectivity index (χ0) is 12.4. The Balaban J connectivity index is 2.18. The van der Waals surface area contributed by atoms with Crippen molar-refractivity contribution in [2.45, 2.75) is 38.8 Å². The molecule has 2 heterocycles. The Bertz CT molecular complexity index is 358. The topological polar surface area (TPSA) is 47.1 Å². The van der Waals surface area contributed by atoms with Crippen LogP contribution in [0.2, 0.25) is 0 Å². The lowest BCUT2D eigenvalue weighted by Crippen LogP contribution is -2.39. The quantitative estimate of drug-likeness (QED) is 0.862. The molecule has 1 aliphatic heterocycles. The molecule has 0 aliphatic carbocycles. The van der Waals surface area contributed by atoms with Crippen LogP contribution in [0.1, 0.15) is 38.3 Å². The maximum atomic E-state index is 5.98. The van der Waals surface area contributed by atoms with Gasteiger partial charge in [-0.25, -0.2) is 0 Å². The number of aromatic nitrogens is 2. The predicted molar refractivity (Wildman–Crippen MR) is 69.6 cm³/mol. The summed E-state index contributed by atoms with van der Waals surface area (Å²) in [5.74, 6) is 0.697. The van der Waals surface area contributed by atoms with Crippen LogP contribution in [0.5, 0.6) is 0 Å². The van der Waals surface area contributed by atoms with E-state index in [1.165, 1.54) is 24.9 Å². The fourth-order valence-corrected chi connectivity index (χ4v) is 2.99. The molecule has 0 amide bonds. The van der Waals surface area contributed by atoms with Gasteiger partial charge in [0, 0.05) is 31.4 Å². The summed E-state index contributed by atoms with van der Waals surface area (Å²) >= 11 is 0. The number of aryl methyl sites for hydroxylation is 1. The zero-order valence-corrected chi connectivity index (χ0v) is 11.1. The van der Waals surface area contributed by atoms with Crippen molar-refractivity contribution in [3.63, 3.8) is 0 Å². The highest BCUT2D eigenvalue weighted by Gasteiger charge is 2.32. The van der Waals surface area contributed by atoms with Gasteiger partial charge in [-0.15, -0.1) is 0 Å². The van der Waals surface area contributed by atoms with Gasteiger partial charge >= 0.3 is 0 Å². The van der Waals surface area contributed by atoms with Gasteiger partial charge in [0.05, 0.1) is 12.2 Å². The van der Waals surface area contributed by atoms with Crippen LogP contribution in [0.15, 0.2) is 12.4 Å². The molecule has 0 saturated carbocycles. The Kier molecular flexibility index (Phi) is 3.84. The Morgan fingerprint density at radius 3 is 2.82 bits per heavy atom. The first kappa shape index (κ1) is 12.6. The molecular weight excluding hydrogens is 212 g/mol. The molecule has 0 aromatic carbocycles. The molecule has 2 rings (SSSR count). The molecule has 2 N–H and O–H groups in total. The standard InChI is InChI=1S/C13H24N4/c1-10(2)12-5-4-6-17(12)13(7-14)11-8-15-16(3)9-11/h8-10,12-13H,4-7,14H2,1-3H3. The molecule has 0 bridgehead atoms. The smallest absolute Gasteiger partial charge is 0.0538 e. The van der Waals surface area contributed by atoms with Crippen LogP contribution in [0, 0.1) is 5.92 Å². The normalized spacial score (nSPS) is 23.5. The molecule has 4 nitrogen and oxygen atoms in total. The van der Waals surface area contributed by atoms with Gasteiger partial charge in [0.2, 0.25) is 0 Å². The highest BCUT2D eigenvalue weighted by atomic mass is 15.3. The van der Waals surface area contributed by atoms with E-state index >= 15 is 0 Å². The summed E-state index contributed by atoms with van der Waals surface area (Å²) in [7, 11) is 1.96. The van der Waals surface area contributed by atoms with Crippen molar-refractivity contribution in [1.82, 2.24) is 14.7 Å². The van der Waals surface area contributed by atoms with Crippen molar-refractivity contribution >= 4 is 0 Å². The van der Waals surface area contributed by atoms with Crippen LogP contribution in [0.3, 0.4) is 0 Å². The van der Waals surface area contributed by atoms with Gasteiger partial charge in [-0.05, 0) is 25.3 Å². The van der Waals surface area contributed by atoms with Crippen molar-refractivity contribution < 1.29 is 0 Å². The molecule has 4 heteroatoms. The Labute approximate surface area is 104 Å². The fourth-order valence-electron chi connectivity index (χ4n) is 2.99. The fraction of sp³-hybridized carbons (Fsp3) is 0.769. The Hall–Kier alpha value is -0.870. The minimum absolute atomic E-state index is 0.332. The highest BCUT2D eigenvalue weighted by molar-refractivity contribution is 5.12. The molecule has 1 saturated heterocycles. The van der Waals surface area contributed by atoms with E-state index in [2.05, 4.69) is 30.0 Å². The lowest BCUT2D eigenvalue weighted by molar-refractivity contribution is 0.149. The predicted octanol–water partition coefficient (Wildman–Crippen LogP) is 1.54. The minimum atomic E-state index is 0.332. The van der Waals surface area contributed by atoms with E-state index < -0.39 is 0 Å². The molecule has 1 aliphatic rings. The SMILES string of the molecule is CC(C)C1CCCN1C(CN)c1cnn(C)c1. The van der Waals surface area contributed by atoms with Crippen molar-refractivity contribution in [1.29, 1.82) is 0 Å². The summed E-state index contributed by atoms with van der Waals surface area (Å²) < 4.78 is 1.86. The summed E-state index contributed by atoms with van der Waals surface area (Å²) in [4.78, 5) is 2.57. The number of hydrogen-bond acceptors (Lipinski definition) is 3. The monoisotopic (exact) mass is 236 g/mol. The highest BCUT2D eigenvalue weighted by Crippen LogP contribution is 2.32. The largest absolute Gasteiger partial charge is 0.329 e. The van der Waals surface area contributed by atoms with Crippen LogP contribution >= 0.6 is 0 Å². The van der Waals surface area contributed by atoms with E-state index in [1.54, 1.807) is 0 Å². The molecule has 1 aromatic heterocycles. The zero-order valence-electron chi connectivity index (χ0n) is 11.1. The molecule has 0 radical (unpaired) electrons. The summed E-state index contributed by atoms with van der Waals surface area (Å²) in [5, 5.41) is 4.26. The lowest BCUT2D eigenvalue weighted by Gasteiger charge is -2.34. The number of rotatable bonds is 4. The Morgan fingerprint density at radius 2 is 2.29 bits per heavy atom. The van der Waals surface area contributed by atoms with Crippen molar-refractivity contribution in [2.75, 3.05) is 13.1 Å². The van der Waals surface area contributed by atoms with Crippen molar-refractivity contribution in [3.05, 3.63) is 18.0 Å². The second-order valence-electron chi connectivity index (χ2n) is 5.39. The van der Waals surface area contributed by atoms with Gasteiger partial charge < -0.3 is 5.73 Å². The molecule has 2 unspecified atom stereocenters. The van der Waals surface area contributed by atoms with Crippen LogP contribution in [-0.2, 0) is 7.05 Å². The second kappa shape index (κ2) is 5.19. The first-order chi connectivity index (χ1) is 8.13. The van der Waals surface area contributed by atoms with Crippen LogP contribution in [0.25, 0.3) is 0 Å². The third kappa shape index (κ3) is 2.53. The average molecular weight is 236 g/mol.